The Hall–Kier alpha value is -1.90. The van der Waals surface area contributed by atoms with Crippen molar-refractivity contribution in [2.45, 2.75) is 25.8 Å². The molecule has 0 radical (unpaired) electrons. The van der Waals surface area contributed by atoms with Crippen molar-refractivity contribution in [2.75, 3.05) is 11.5 Å². The second kappa shape index (κ2) is 6.32. The summed E-state index contributed by atoms with van der Waals surface area (Å²) < 4.78 is 25.3. The Balaban J connectivity index is 1.67. The van der Waals surface area contributed by atoms with Gasteiger partial charge in [-0.1, -0.05) is 11.6 Å². The van der Waals surface area contributed by atoms with Gasteiger partial charge in [0.15, 0.2) is 9.84 Å². The average molecular weight is 424 g/mol. The van der Waals surface area contributed by atoms with Crippen LogP contribution in [0.15, 0.2) is 30.3 Å². The number of nitrogens with one attached hydrogen (secondary N) is 1. The van der Waals surface area contributed by atoms with Crippen molar-refractivity contribution >= 4 is 48.9 Å². The maximum atomic E-state index is 12.7. The van der Waals surface area contributed by atoms with E-state index in [9.17, 15) is 13.2 Å². The number of amides is 1. The first-order chi connectivity index (χ1) is 12.7. The van der Waals surface area contributed by atoms with Crippen molar-refractivity contribution in [1.82, 2.24) is 15.1 Å². The van der Waals surface area contributed by atoms with E-state index >= 15 is 0 Å². The summed E-state index contributed by atoms with van der Waals surface area (Å²) in [6.07, 6.45) is 0.434. The normalized spacial score (nSPS) is 21.6. The molecule has 3 aromatic rings. The minimum atomic E-state index is -3.08. The predicted octanol–water partition coefficient (Wildman–Crippen LogP) is 3.36. The lowest BCUT2D eigenvalue weighted by molar-refractivity contribution is 0.0919. The van der Waals surface area contributed by atoms with Gasteiger partial charge in [0.2, 0.25) is 0 Å². The van der Waals surface area contributed by atoms with Crippen LogP contribution in [0.3, 0.4) is 0 Å². The SMILES string of the molecule is Cc1nn(-c2ccc(Cl)cc2)c2sc(C(=O)NC3(C)CCS(=O)(=O)C3)cc12. The van der Waals surface area contributed by atoms with E-state index in [4.69, 9.17) is 11.6 Å². The Morgan fingerprint density at radius 1 is 1.33 bits per heavy atom. The van der Waals surface area contributed by atoms with E-state index in [0.717, 1.165) is 21.6 Å². The number of sulfone groups is 1. The summed E-state index contributed by atoms with van der Waals surface area (Å²) >= 11 is 7.30. The molecule has 1 saturated heterocycles. The first-order valence-corrected chi connectivity index (χ1v) is 11.5. The third kappa shape index (κ3) is 3.49. The van der Waals surface area contributed by atoms with Crippen molar-refractivity contribution in [3.8, 4) is 5.69 Å². The Bertz CT molecular complexity index is 1150. The summed E-state index contributed by atoms with van der Waals surface area (Å²) in [7, 11) is -3.08. The molecular weight excluding hydrogens is 406 g/mol. The predicted molar refractivity (Wildman–Crippen MR) is 108 cm³/mol. The number of aromatic nitrogens is 2. The third-order valence-electron chi connectivity index (χ3n) is 4.76. The highest BCUT2D eigenvalue weighted by molar-refractivity contribution is 7.91. The zero-order valence-corrected chi connectivity index (χ0v) is 17.2. The molecule has 27 heavy (non-hydrogen) atoms. The fourth-order valence-corrected chi connectivity index (χ4v) is 6.66. The molecule has 1 fully saturated rings. The fraction of sp³-hybridized carbons (Fsp3) is 0.333. The van der Waals surface area contributed by atoms with Crippen LogP contribution in [-0.2, 0) is 9.84 Å². The molecule has 0 aliphatic carbocycles. The topological polar surface area (TPSA) is 81.1 Å². The van der Waals surface area contributed by atoms with Crippen molar-refractivity contribution in [3.63, 3.8) is 0 Å². The van der Waals surface area contributed by atoms with Crippen LogP contribution in [0, 0.1) is 6.92 Å². The van der Waals surface area contributed by atoms with Crippen molar-refractivity contribution in [1.29, 1.82) is 0 Å². The van der Waals surface area contributed by atoms with Crippen LogP contribution in [0.1, 0.15) is 28.7 Å². The molecule has 142 valence electrons. The number of halogens is 1. The molecule has 0 bridgehead atoms. The zero-order valence-electron chi connectivity index (χ0n) is 14.8. The van der Waals surface area contributed by atoms with Crippen LogP contribution in [0.25, 0.3) is 15.9 Å². The van der Waals surface area contributed by atoms with Gasteiger partial charge in [0.1, 0.15) is 4.83 Å². The van der Waals surface area contributed by atoms with E-state index in [0.29, 0.717) is 16.3 Å². The molecule has 0 saturated carbocycles. The molecule has 0 spiro atoms. The van der Waals surface area contributed by atoms with E-state index in [1.807, 2.05) is 25.1 Å². The van der Waals surface area contributed by atoms with E-state index in [-0.39, 0.29) is 17.4 Å². The van der Waals surface area contributed by atoms with E-state index in [1.165, 1.54) is 11.3 Å². The number of benzene rings is 1. The lowest BCUT2D eigenvalue weighted by Crippen LogP contribution is -2.46. The van der Waals surface area contributed by atoms with Crippen LogP contribution in [0.4, 0.5) is 0 Å². The van der Waals surface area contributed by atoms with E-state index < -0.39 is 15.4 Å². The highest BCUT2D eigenvalue weighted by atomic mass is 35.5. The van der Waals surface area contributed by atoms with Crippen LogP contribution in [-0.4, -0.2) is 41.2 Å². The first-order valence-electron chi connectivity index (χ1n) is 8.44. The minimum absolute atomic E-state index is 0.0196. The molecule has 3 heterocycles. The molecule has 2 aromatic heterocycles. The molecule has 1 amide bonds. The first kappa shape index (κ1) is 18.5. The summed E-state index contributed by atoms with van der Waals surface area (Å²) in [5.74, 6) is -0.160. The van der Waals surface area contributed by atoms with E-state index in [2.05, 4.69) is 10.4 Å². The second-order valence-corrected chi connectivity index (χ2v) is 10.8. The average Bonchev–Trinajstić information content (AvgIpc) is 3.22. The van der Waals surface area contributed by atoms with Crippen LogP contribution >= 0.6 is 22.9 Å². The van der Waals surface area contributed by atoms with Gasteiger partial charge in [0.05, 0.1) is 33.3 Å². The van der Waals surface area contributed by atoms with Gasteiger partial charge in [0, 0.05) is 10.4 Å². The molecular formula is C18H18ClN3O3S2. The van der Waals surface area contributed by atoms with Gasteiger partial charge in [-0.05, 0) is 50.6 Å². The van der Waals surface area contributed by atoms with Gasteiger partial charge in [-0.3, -0.25) is 4.79 Å². The van der Waals surface area contributed by atoms with Crippen molar-refractivity contribution in [2.24, 2.45) is 0 Å². The molecule has 1 unspecified atom stereocenters. The highest BCUT2D eigenvalue weighted by Gasteiger charge is 2.39. The number of rotatable bonds is 3. The van der Waals surface area contributed by atoms with Gasteiger partial charge in [-0.2, -0.15) is 5.10 Å². The second-order valence-electron chi connectivity index (χ2n) is 7.16. The van der Waals surface area contributed by atoms with Crippen LogP contribution in [0.5, 0.6) is 0 Å². The number of thiophene rings is 1. The standard InChI is InChI=1S/C18H18ClN3O3S2/c1-11-14-9-15(16(23)20-18(2)7-8-27(24,25)10-18)26-17(14)22(21-11)13-5-3-12(19)4-6-13/h3-6,9H,7-8,10H2,1-2H3,(H,20,23). The number of carbonyl (C=O) groups is 1. The van der Waals surface area contributed by atoms with Crippen molar-refractivity contribution in [3.05, 3.63) is 45.9 Å². The number of hydrogen-bond donors (Lipinski definition) is 1. The monoisotopic (exact) mass is 423 g/mol. The number of carbonyl (C=O) groups excluding carboxylic acids is 1. The van der Waals surface area contributed by atoms with Crippen LogP contribution in [0.2, 0.25) is 5.02 Å². The number of aryl methyl sites for hydroxylation is 1. The molecule has 1 atom stereocenters. The number of nitrogens with zero attached hydrogens (tertiary/aromatic N) is 2. The minimum Gasteiger partial charge on any atom is -0.345 e. The zero-order chi connectivity index (χ0) is 19.4. The number of hydrogen-bond acceptors (Lipinski definition) is 5. The summed E-state index contributed by atoms with van der Waals surface area (Å²) in [5.41, 5.74) is 0.966. The molecule has 1 N–H and O–H groups in total. The lowest BCUT2D eigenvalue weighted by Gasteiger charge is -2.23. The Labute approximate surface area is 166 Å². The van der Waals surface area contributed by atoms with Gasteiger partial charge >= 0.3 is 0 Å². The summed E-state index contributed by atoms with van der Waals surface area (Å²) in [6, 6.07) is 9.15. The van der Waals surface area contributed by atoms with Gasteiger partial charge in [-0.15, -0.1) is 11.3 Å². The molecule has 4 rings (SSSR count). The Morgan fingerprint density at radius 2 is 2.04 bits per heavy atom. The highest BCUT2D eigenvalue weighted by Crippen LogP contribution is 2.31. The maximum Gasteiger partial charge on any atom is 0.261 e. The Kier molecular flexibility index (Phi) is 4.32. The molecule has 1 aliphatic heterocycles. The molecule has 1 aromatic carbocycles. The molecule has 9 heteroatoms. The van der Waals surface area contributed by atoms with Crippen LogP contribution < -0.4 is 5.32 Å². The molecule has 6 nitrogen and oxygen atoms in total. The largest absolute Gasteiger partial charge is 0.345 e. The smallest absolute Gasteiger partial charge is 0.261 e. The van der Waals surface area contributed by atoms with Crippen molar-refractivity contribution < 1.29 is 13.2 Å². The number of fused-ring (bicyclic) bond motifs is 1. The summed E-state index contributed by atoms with van der Waals surface area (Å²) in [4.78, 5) is 14.2. The molecule has 1 aliphatic rings. The van der Waals surface area contributed by atoms with Gasteiger partial charge < -0.3 is 5.32 Å². The maximum absolute atomic E-state index is 12.7. The van der Waals surface area contributed by atoms with Gasteiger partial charge in [0.25, 0.3) is 5.91 Å². The van der Waals surface area contributed by atoms with Gasteiger partial charge in [-0.25, -0.2) is 13.1 Å². The third-order valence-corrected chi connectivity index (χ3v) is 8.02. The fourth-order valence-electron chi connectivity index (χ4n) is 3.36. The summed E-state index contributed by atoms with van der Waals surface area (Å²) in [6.45, 7) is 3.68. The lowest BCUT2D eigenvalue weighted by atomic mass is 10.0. The summed E-state index contributed by atoms with van der Waals surface area (Å²) in [5, 5.41) is 9.02. The Morgan fingerprint density at radius 3 is 2.67 bits per heavy atom. The van der Waals surface area contributed by atoms with E-state index in [1.54, 1.807) is 23.7 Å². The quantitative estimate of drug-likeness (QED) is 0.700.